The Balaban J connectivity index is 3.82. The fraction of sp³-hybridized carbons (Fsp3) is 0.714. The zero-order valence-electron chi connectivity index (χ0n) is 9.29. The van der Waals surface area contributed by atoms with Crippen LogP contribution in [0.1, 0.15) is 12.8 Å². The van der Waals surface area contributed by atoms with E-state index in [9.17, 15) is 14.2 Å². The minimum atomic E-state index is -3.25. The van der Waals surface area contributed by atoms with Crippen LogP contribution in [0.3, 0.4) is 0 Å². The zero-order valence-corrected chi connectivity index (χ0v) is 10.2. The number of hydroxylamine groups is 3. The number of hydrogen-bond donors (Lipinski definition) is 5. The van der Waals surface area contributed by atoms with Gasteiger partial charge in [-0.25, -0.2) is 10.5 Å². The maximum Gasteiger partial charge on any atom is 0.247 e. The van der Waals surface area contributed by atoms with Crippen LogP contribution in [0.4, 0.5) is 0 Å². The van der Waals surface area contributed by atoms with E-state index in [1.54, 1.807) is 0 Å². The molecule has 0 aliphatic heterocycles. The Hall–Kier alpha value is -0.990. The molecule has 0 saturated heterocycles. The normalized spacial score (nSPS) is 13.9. The van der Waals surface area contributed by atoms with Gasteiger partial charge in [0.1, 0.15) is 0 Å². The van der Waals surface area contributed by atoms with Crippen molar-refractivity contribution in [1.82, 2.24) is 15.9 Å². The molecule has 17 heavy (non-hydrogen) atoms. The van der Waals surface area contributed by atoms with Gasteiger partial charge in [-0.3, -0.25) is 29.9 Å². The van der Waals surface area contributed by atoms with Crippen molar-refractivity contribution in [3.8, 4) is 0 Å². The van der Waals surface area contributed by atoms with Crippen LogP contribution in [0.5, 0.6) is 0 Å². The molecule has 1 atom stereocenters. The maximum atomic E-state index is 11.2. The van der Waals surface area contributed by atoms with Gasteiger partial charge in [0, 0.05) is 19.5 Å². The highest BCUT2D eigenvalue weighted by molar-refractivity contribution is 7.57. The van der Waals surface area contributed by atoms with E-state index in [1.165, 1.54) is 5.48 Å². The van der Waals surface area contributed by atoms with E-state index in [4.69, 9.17) is 15.3 Å². The van der Waals surface area contributed by atoms with Gasteiger partial charge in [0.25, 0.3) is 0 Å². The number of rotatable bonds is 7. The summed E-state index contributed by atoms with van der Waals surface area (Å²) in [6.45, 7) is 0.813. The minimum absolute atomic E-state index is 0.242. The molecule has 0 heterocycles. The van der Waals surface area contributed by atoms with Crippen LogP contribution in [0.25, 0.3) is 0 Å². The smallest absolute Gasteiger partial charge is 0.247 e. The molecule has 5 N–H and O–H groups in total. The summed E-state index contributed by atoms with van der Waals surface area (Å²) >= 11 is 0. The van der Waals surface area contributed by atoms with Crippen molar-refractivity contribution >= 4 is 19.2 Å². The van der Waals surface area contributed by atoms with Gasteiger partial charge < -0.3 is 4.89 Å². The van der Waals surface area contributed by atoms with Crippen LogP contribution < -0.4 is 10.8 Å². The number of amides is 2. The van der Waals surface area contributed by atoms with E-state index < -0.39 is 19.2 Å². The highest BCUT2D eigenvalue weighted by atomic mass is 31.2. The van der Waals surface area contributed by atoms with Gasteiger partial charge in [-0.1, -0.05) is 0 Å². The quantitative estimate of drug-likeness (QED) is 0.171. The SMILES string of the molecule is CP(=O)(O)CNCN(O)C(=O)CCC(=O)NO. The fourth-order valence-electron chi connectivity index (χ4n) is 0.857. The molecule has 0 saturated carbocycles. The van der Waals surface area contributed by atoms with Crippen molar-refractivity contribution < 1.29 is 29.5 Å². The third-order valence-corrected chi connectivity index (χ3v) is 2.46. The molecule has 0 aromatic heterocycles. The Morgan fingerprint density at radius 1 is 1.35 bits per heavy atom. The topological polar surface area (TPSA) is 139 Å². The Morgan fingerprint density at radius 2 is 1.94 bits per heavy atom. The molecule has 0 spiro atoms. The lowest BCUT2D eigenvalue weighted by Gasteiger charge is -2.16. The molecular formula is C7H16N3O6P. The molecular weight excluding hydrogens is 253 g/mol. The van der Waals surface area contributed by atoms with Crippen molar-refractivity contribution in [2.75, 3.05) is 19.6 Å². The fourth-order valence-corrected chi connectivity index (χ4v) is 1.37. The first kappa shape index (κ1) is 16.0. The van der Waals surface area contributed by atoms with E-state index in [-0.39, 0.29) is 25.8 Å². The summed E-state index contributed by atoms with van der Waals surface area (Å²) < 4.78 is 10.8. The summed E-state index contributed by atoms with van der Waals surface area (Å²) in [5, 5.41) is 20.0. The first-order valence-electron chi connectivity index (χ1n) is 4.68. The number of hydrogen-bond acceptors (Lipinski definition) is 6. The molecule has 9 nitrogen and oxygen atoms in total. The molecule has 100 valence electrons. The molecule has 0 aromatic rings. The summed E-state index contributed by atoms with van der Waals surface area (Å²) in [4.78, 5) is 30.7. The Morgan fingerprint density at radius 3 is 2.41 bits per heavy atom. The molecule has 0 aliphatic carbocycles. The number of nitrogens with zero attached hydrogens (tertiary/aromatic N) is 1. The van der Waals surface area contributed by atoms with Crippen LogP contribution in [0.15, 0.2) is 0 Å². The third kappa shape index (κ3) is 8.78. The highest BCUT2D eigenvalue weighted by Gasteiger charge is 2.14. The van der Waals surface area contributed by atoms with Crippen LogP contribution in [0, 0.1) is 0 Å². The molecule has 0 rings (SSSR count). The van der Waals surface area contributed by atoms with E-state index in [1.807, 2.05) is 0 Å². The molecule has 0 aliphatic rings. The van der Waals surface area contributed by atoms with Gasteiger partial charge in [-0.2, -0.15) is 0 Å². The Labute approximate surface area is 97.8 Å². The number of carbonyl (C=O) groups excluding carboxylic acids is 2. The largest absolute Gasteiger partial charge is 0.344 e. The summed E-state index contributed by atoms with van der Waals surface area (Å²) in [6, 6.07) is 0. The third-order valence-electron chi connectivity index (χ3n) is 1.65. The number of nitrogens with one attached hydrogen (secondary N) is 2. The van der Waals surface area contributed by atoms with Crippen LogP contribution >= 0.6 is 7.37 Å². The Bertz CT molecular complexity index is 317. The van der Waals surface area contributed by atoms with Gasteiger partial charge in [0.05, 0.1) is 13.0 Å². The van der Waals surface area contributed by atoms with Crippen LogP contribution in [-0.2, 0) is 14.2 Å². The van der Waals surface area contributed by atoms with Crippen LogP contribution in [-0.4, -0.2) is 51.8 Å². The minimum Gasteiger partial charge on any atom is -0.344 e. The average molecular weight is 269 g/mol. The standard InChI is InChI=1S/C7H16N3O6P/c1-17(15,16)5-8-4-10(14)7(12)3-2-6(11)9-13/h8,13-14H,2-5H2,1H3,(H,9,11)(H,15,16). The summed E-state index contributed by atoms with van der Waals surface area (Å²) in [6.07, 6.45) is -0.791. The summed E-state index contributed by atoms with van der Waals surface area (Å²) in [5.41, 5.74) is 1.35. The Kier molecular flexibility index (Phi) is 6.93. The molecule has 0 radical (unpaired) electrons. The van der Waals surface area contributed by atoms with Gasteiger partial charge in [-0.15, -0.1) is 0 Å². The lowest BCUT2D eigenvalue weighted by atomic mass is 10.3. The van der Waals surface area contributed by atoms with Gasteiger partial charge in [0.2, 0.25) is 19.2 Å². The van der Waals surface area contributed by atoms with Gasteiger partial charge in [0.15, 0.2) is 0 Å². The lowest BCUT2D eigenvalue weighted by molar-refractivity contribution is -0.167. The first-order chi connectivity index (χ1) is 7.76. The van der Waals surface area contributed by atoms with Crippen molar-refractivity contribution in [2.24, 2.45) is 0 Å². The monoisotopic (exact) mass is 269 g/mol. The second-order valence-corrected chi connectivity index (χ2v) is 5.86. The average Bonchev–Trinajstić information content (AvgIpc) is 2.23. The van der Waals surface area contributed by atoms with Crippen molar-refractivity contribution in [3.05, 3.63) is 0 Å². The lowest BCUT2D eigenvalue weighted by Crippen LogP contribution is -2.37. The molecule has 1 unspecified atom stereocenters. The maximum absolute atomic E-state index is 11.2. The summed E-state index contributed by atoms with van der Waals surface area (Å²) in [5.74, 6) is -1.49. The van der Waals surface area contributed by atoms with Gasteiger partial charge >= 0.3 is 0 Å². The second-order valence-electron chi connectivity index (χ2n) is 3.45. The number of carbonyl (C=O) groups is 2. The second kappa shape index (κ2) is 7.36. The van der Waals surface area contributed by atoms with E-state index in [0.29, 0.717) is 5.06 Å². The van der Waals surface area contributed by atoms with Crippen molar-refractivity contribution in [2.45, 2.75) is 12.8 Å². The molecule has 2 amide bonds. The van der Waals surface area contributed by atoms with Crippen molar-refractivity contribution in [1.29, 1.82) is 0 Å². The zero-order chi connectivity index (χ0) is 13.5. The molecule has 10 heteroatoms. The first-order valence-corrected chi connectivity index (χ1v) is 6.97. The van der Waals surface area contributed by atoms with E-state index in [2.05, 4.69) is 5.32 Å². The molecule has 0 aromatic carbocycles. The highest BCUT2D eigenvalue weighted by Crippen LogP contribution is 2.32. The van der Waals surface area contributed by atoms with Gasteiger partial charge in [-0.05, 0) is 0 Å². The molecule has 0 fully saturated rings. The molecule has 0 bridgehead atoms. The van der Waals surface area contributed by atoms with Crippen molar-refractivity contribution in [3.63, 3.8) is 0 Å². The predicted molar refractivity (Wildman–Crippen MR) is 56.4 cm³/mol. The summed E-state index contributed by atoms with van der Waals surface area (Å²) in [7, 11) is -3.25. The van der Waals surface area contributed by atoms with E-state index in [0.717, 1.165) is 6.66 Å². The van der Waals surface area contributed by atoms with Crippen LogP contribution in [0.2, 0.25) is 0 Å². The van der Waals surface area contributed by atoms with E-state index >= 15 is 0 Å². The predicted octanol–water partition coefficient (Wildman–Crippen LogP) is -1.11.